The summed E-state index contributed by atoms with van der Waals surface area (Å²) < 4.78 is 50.1. The van der Waals surface area contributed by atoms with Crippen molar-refractivity contribution in [3.63, 3.8) is 0 Å². The summed E-state index contributed by atoms with van der Waals surface area (Å²) in [6.07, 6.45) is 0.1000. The Bertz CT molecular complexity index is 543. The van der Waals surface area contributed by atoms with Crippen molar-refractivity contribution in [1.29, 1.82) is 5.26 Å². The first kappa shape index (κ1) is 13.9. The molecule has 0 aliphatic carbocycles. The van der Waals surface area contributed by atoms with E-state index in [-0.39, 0.29) is 17.9 Å². The second-order valence-electron chi connectivity index (χ2n) is 3.24. The van der Waals surface area contributed by atoms with E-state index in [1.54, 1.807) is 0 Å². The average molecular weight is 280 g/mol. The maximum atomic E-state index is 13.4. The number of sulfone groups is 1. The molecule has 1 rings (SSSR count). The number of nitrogens with zero attached hydrogens (tertiary/aromatic N) is 1. The van der Waals surface area contributed by atoms with Crippen LogP contribution >= 0.6 is 11.6 Å². The Morgan fingerprint density at radius 1 is 1.29 bits per heavy atom. The summed E-state index contributed by atoms with van der Waals surface area (Å²) in [6.45, 7) is 0. The molecule has 0 aliphatic heterocycles. The molecule has 0 aromatic heterocycles. The Hall–Kier alpha value is -1.19. The Morgan fingerprint density at radius 3 is 2.24 bits per heavy atom. The molecule has 0 aliphatic rings. The zero-order chi connectivity index (χ0) is 13.1. The first-order valence-electron chi connectivity index (χ1n) is 4.60. The van der Waals surface area contributed by atoms with Gasteiger partial charge in [0.1, 0.15) is 16.5 Å². The molecule has 0 unspecified atom stereocenters. The van der Waals surface area contributed by atoms with Crippen molar-refractivity contribution in [1.82, 2.24) is 0 Å². The van der Waals surface area contributed by atoms with Crippen LogP contribution in [0.1, 0.15) is 12.0 Å². The van der Waals surface area contributed by atoms with Crippen LogP contribution in [0, 0.1) is 23.0 Å². The predicted molar refractivity (Wildman–Crippen MR) is 58.5 cm³/mol. The van der Waals surface area contributed by atoms with Crippen molar-refractivity contribution in [3.8, 4) is 6.07 Å². The van der Waals surface area contributed by atoms with E-state index in [0.717, 1.165) is 0 Å². The van der Waals surface area contributed by atoms with Gasteiger partial charge in [0.15, 0.2) is 9.84 Å². The SMILES string of the molecule is N#Cc1cc(F)c(S(=O)(=O)CCCCl)c(F)c1. The minimum Gasteiger partial charge on any atom is -0.223 e. The Morgan fingerprint density at radius 2 is 1.82 bits per heavy atom. The molecule has 3 nitrogen and oxygen atoms in total. The van der Waals surface area contributed by atoms with Gasteiger partial charge in [-0.2, -0.15) is 5.26 Å². The minimum atomic E-state index is -4.05. The van der Waals surface area contributed by atoms with Gasteiger partial charge in [-0.05, 0) is 18.6 Å². The molecule has 0 atom stereocenters. The molecule has 7 heteroatoms. The van der Waals surface area contributed by atoms with Gasteiger partial charge in [0.2, 0.25) is 0 Å². The fraction of sp³-hybridized carbons (Fsp3) is 0.300. The molecule has 0 saturated carbocycles. The highest BCUT2D eigenvalue weighted by molar-refractivity contribution is 7.91. The van der Waals surface area contributed by atoms with Crippen LogP contribution in [0.15, 0.2) is 17.0 Å². The fourth-order valence-electron chi connectivity index (χ4n) is 1.27. The molecule has 1 aromatic rings. The van der Waals surface area contributed by atoms with Gasteiger partial charge in [0.05, 0.1) is 17.4 Å². The van der Waals surface area contributed by atoms with Crippen molar-refractivity contribution in [2.45, 2.75) is 11.3 Å². The molecule has 0 N–H and O–H groups in total. The maximum Gasteiger partial charge on any atom is 0.184 e. The van der Waals surface area contributed by atoms with Gasteiger partial charge in [-0.15, -0.1) is 11.6 Å². The largest absolute Gasteiger partial charge is 0.223 e. The lowest BCUT2D eigenvalue weighted by atomic mass is 10.2. The van der Waals surface area contributed by atoms with E-state index in [4.69, 9.17) is 16.9 Å². The summed E-state index contributed by atoms with van der Waals surface area (Å²) in [5, 5.41) is 8.47. The van der Waals surface area contributed by atoms with Crippen LogP contribution in [-0.2, 0) is 9.84 Å². The van der Waals surface area contributed by atoms with Crippen molar-refractivity contribution >= 4 is 21.4 Å². The van der Waals surface area contributed by atoms with Crippen LogP contribution in [0.4, 0.5) is 8.78 Å². The van der Waals surface area contributed by atoms with E-state index in [1.807, 2.05) is 0 Å². The number of benzene rings is 1. The van der Waals surface area contributed by atoms with Gasteiger partial charge in [-0.25, -0.2) is 17.2 Å². The minimum absolute atomic E-state index is 0.0821. The number of alkyl halides is 1. The Balaban J connectivity index is 3.29. The molecular formula is C10H8ClF2NO2S. The molecule has 17 heavy (non-hydrogen) atoms. The third-order valence-corrected chi connectivity index (χ3v) is 4.09. The van der Waals surface area contributed by atoms with E-state index < -0.39 is 32.1 Å². The zero-order valence-electron chi connectivity index (χ0n) is 8.58. The molecule has 1 aromatic carbocycles. The van der Waals surface area contributed by atoms with Gasteiger partial charge in [-0.1, -0.05) is 0 Å². The summed E-state index contributed by atoms with van der Waals surface area (Å²) in [7, 11) is -4.05. The van der Waals surface area contributed by atoms with E-state index >= 15 is 0 Å². The molecule has 0 saturated heterocycles. The van der Waals surface area contributed by atoms with Crippen molar-refractivity contribution < 1.29 is 17.2 Å². The van der Waals surface area contributed by atoms with Gasteiger partial charge in [-0.3, -0.25) is 0 Å². The number of hydrogen-bond acceptors (Lipinski definition) is 3. The molecule has 0 radical (unpaired) electrons. The van der Waals surface area contributed by atoms with Crippen LogP contribution < -0.4 is 0 Å². The summed E-state index contributed by atoms with van der Waals surface area (Å²) >= 11 is 5.33. The van der Waals surface area contributed by atoms with Gasteiger partial charge < -0.3 is 0 Å². The highest BCUT2D eigenvalue weighted by Crippen LogP contribution is 2.22. The predicted octanol–water partition coefficient (Wildman–Crippen LogP) is 2.24. The summed E-state index contributed by atoms with van der Waals surface area (Å²) in [4.78, 5) is -0.999. The van der Waals surface area contributed by atoms with Crippen LogP contribution in [0.3, 0.4) is 0 Å². The summed E-state index contributed by atoms with van der Waals surface area (Å²) in [5.41, 5.74) is -0.267. The zero-order valence-corrected chi connectivity index (χ0v) is 10.2. The molecule has 0 amide bonds. The van der Waals surface area contributed by atoms with Crippen LogP contribution in [-0.4, -0.2) is 20.1 Å². The molecule has 92 valence electrons. The van der Waals surface area contributed by atoms with Crippen LogP contribution in [0.5, 0.6) is 0 Å². The molecule has 0 heterocycles. The number of hydrogen-bond donors (Lipinski definition) is 0. The van der Waals surface area contributed by atoms with Crippen molar-refractivity contribution in [2.75, 3.05) is 11.6 Å². The Labute approximate surface area is 103 Å². The lowest BCUT2D eigenvalue weighted by molar-refractivity contribution is 0.518. The highest BCUT2D eigenvalue weighted by Gasteiger charge is 2.24. The first-order chi connectivity index (χ1) is 7.92. The second-order valence-corrected chi connectivity index (χ2v) is 5.67. The third-order valence-electron chi connectivity index (χ3n) is 1.99. The van der Waals surface area contributed by atoms with Crippen LogP contribution in [0.2, 0.25) is 0 Å². The van der Waals surface area contributed by atoms with Gasteiger partial charge >= 0.3 is 0 Å². The first-order valence-corrected chi connectivity index (χ1v) is 6.79. The lowest BCUT2D eigenvalue weighted by Crippen LogP contribution is -2.12. The van der Waals surface area contributed by atoms with Gasteiger partial charge in [0.25, 0.3) is 0 Å². The fourth-order valence-corrected chi connectivity index (χ4v) is 3.00. The smallest absolute Gasteiger partial charge is 0.184 e. The summed E-state index contributed by atoms with van der Waals surface area (Å²) in [5.74, 6) is -2.86. The summed E-state index contributed by atoms with van der Waals surface area (Å²) in [6, 6.07) is 2.92. The molecule has 0 fully saturated rings. The quantitative estimate of drug-likeness (QED) is 0.794. The van der Waals surface area contributed by atoms with E-state index in [2.05, 4.69) is 0 Å². The maximum absolute atomic E-state index is 13.4. The average Bonchev–Trinajstić information content (AvgIpc) is 2.25. The van der Waals surface area contributed by atoms with E-state index in [1.165, 1.54) is 6.07 Å². The molecule has 0 bridgehead atoms. The van der Waals surface area contributed by atoms with Crippen LogP contribution in [0.25, 0.3) is 0 Å². The number of halogens is 3. The molecular weight excluding hydrogens is 272 g/mol. The monoisotopic (exact) mass is 279 g/mol. The standard InChI is InChI=1S/C10H8ClF2NO2S/c11-2-1-3-17(15,16)10-8(12)4-7(6-14)5-9(10)13/h4-5H,1-3H2. The van der Waals surface area contributed by atoms with Gasteiger partial charge in [0, 0.05) is 5.88 Å². The number of rotatable bonds is 4. The Kier molecular flexibility index (Phi) is 4.43. The second kappa shape index (κ2) is 5.43. The normalized spacial score (nSPS) is 11.2. The van der Waals surface area contributed by atoms with E-state index in [9.17, 15) is 17.2 Å². The van der Waals surface area contributed by atoms with Crippen molar-refractivity contribution in [3.05, 3.63) is 29.3 Å². The highest BCUT2D eigenvalue weighted by atomic mass is 35.5. The van der Waals surface area contributed by atoms with Crippen molar-refractivity contribution in [2.24, 2.45) is 0 Å². The third kappa shape index (κ3) is 3.14. The lowest BCUT2D eigenvalue weighted by Gasteiger charge is -2.06. The van der Waals surface area contributed by atoms with E-state index in [0.29, 0.717) is 12.1 Å². The number of nitriles is 1. The topological polar surface area (TPSA) is 57.9 Å². The molecule has 0 spiro atoms.